The number of rotatable bonds is 8. The zero-order valence-corrected chi connectivity index (χ0v) is 25.9. The second kappa shape index (κ2) is 13.5. The highest BCUT2D eigenvalue weighted by Crippen LogP contribution is 2.35. The van der Waals surface area contributed by atoms with Crippen LogP contribution in [0.4, 0.5) is 11.5 Å². The van der Waals surface area contributed by atoms with Crippen molar-refractivity contribution in [3.63, 3.8) is 0 Å². The molecule has 49 heavy (non-hydrogen) atoms. The fourth-order valence-corrected chi connectivity index (χ4v) is 5.89. The maximum absolute atomic E-state index is 13.4. The average molecular weight is 669 g/mol. The summed E-state index contributed by atoms with van der Waals surface area (Å²) in [6.07, 6.45) is -8.44. The van der Waals surface area contributed by atoms with E-state index in [4.69, 9.17) is 15.2 Å². The van der Waals surface area contributed by atoms with Crippen LogP contribution in [-0.2, 0) is 9.53 Å². The lowest BCUT2D eigenvalue weighted by Gasteiger charge is -2.38. The number of ether oxygens (including phenoxy) is 2. The van der Waals surface area contributed by atoms with Gasteiger partial charge in [-0.3, -0.25) is 9.59 Å². The molecule has 1 fully saturated rings. The normalized spacial score (nSPS) is 21.1. The minimum absolute atomic E-state index is 0.00186. The Morgan fingerprint density at radius 1 is 0.959 bits per heavy atom. The predicted molar refractivity (Wildman–Crippen MR) is 178 cm³/mol. The van der Waals surface area contributed by atoms with Crippen LogP contribution in [0.25, 0.3) is 32.8 Å². The quantitative estimate of drug-likeness (QED) is 0.118. The zero-order chi connectivity index (χ0) is 35.0. The van der Waals surface area contributed by atoms with E-state index in [9.17, 15) is 39.9 Å². The predicted octanol–water partition coefficient (Wildman–Crippen LogP) is 2.54. The van der Waals surface area contributed by atoms with Gasteiger partial charge < -0.3 is 46.1 Å². The van der Waals surface area contributed by atoms with E-state index < -0.39 is 54.6 Å². The van der Waals surface area contributed by atoms with Gasteiger partial charge in [0.15, 0.2) is 12.1 Å². The zero-order valence-electron chi connectivity index (χ0n) is 25.9. The third kappa shape index (κ3) is 6.46. The number of amides is 1. The molecule has 1 saturated heterocycles. The number of hydrogen-bond acceptors (Lipinski definition) is 11. The number of nitrogens with one attached hydrogen (secondary N) is 1. The number of aliphatic hydroxyl groups is 4. The Kier molecular flexibility index (Phi) is 9.14. The van der Waals surface area contributed by atoms with Gasteiger partial charge in [-0.05, 0) is 52.2 Å². The minimum atomic E-state index is -1.87. The molecule has 2 heterocycles. The first-order chi connectivity index (χ1) is 23.5. The number of aromatic nitrogens is 2. The highest BCUT2D eigenvalue weighted by molar-refractivity contribution is 6.14. The molecule has 14 nitrogen and oxygen atoms in total. The highest BCUT2D eigenvalue weighted by Gasteiger charge is 2.43. The SMILES string of the molecule is COc1cccc(NC(=O)c2cccc3cc(-c4cccc5c4c(N)nn5C(=O)/C=C(/C[C@H]4O[C@H](O)[C@H](O)[C@@H](O)[C@H]4O)C(=O)O)ccc23)c1. The first-order valence-electron chi connectivity index (χ1n) is 15.1. The summed E-state index contributed by atoms with van der Waals surface area (Å²) in [5, 5.41) is 58.6. The Morgan fingerprint density at radius 3 is 2.47 bits per heavy atom. The molecule has 1 aliphatic heterocycles. The number of nitrogens with zero attached hydrogens (tertiary/aromatic N) is 2. The van der Waals surface area contributed by atoms with E-state index in [-0.39, 0.29) is 17.2 Å². The van der Waals surface area contributed by atoms with Crippen LogP contribution in [0.1, 0.15) is 21.6 Å². The van der Waals surface area contributed by atoms with Crippen LogP contribution >= 0.6 is 0 Å². The second-order valence-electron chi connectivity index (χ2n) is 11.5. The molecule has 8 N–H and O–H groups in total. The van der Waals surface area contributed by atoms with Gasteiger partial charge in [-0.25, -0.2) is 4.79 Å². The molecule has 0 aliphatic carbocycles. The van der Waals surface area contributed by atoms with E-state index in [0.29, 0.717) is 38.9 Å². The lowest BCUT2D eigenvalue weighted by atomic mass is 9.94. The van der Waals surface area contributed by atoms with E-state index in [0.717, 1.165) is 16.1 Å². The van der Waals surface area contributed by atoms with Crippen molar-refractivity contribution < 1.29 is 49.4 Å². The molecule has 5 atom stereocenters. The fourth-order valence-electron chi connectivity index (χ4n) is 5.89. The van der Waals surface area contributed by atoms with Crippen LogP contribution in [0.15, 0.2) is 90.5 Å². The van der Waals surface area contributed by atoms with Crippen molar-refractivity contribution in [2.75, 3.05) is 18.2 Å². The van der Waals surface area contributed by atoms with Crippen LogP contribution in [0.2, 0.25) is 0 Å². The summed E-state index contributed by atoms with van der Waals surface area (Å²) in [6, 6.07) is 23.0. The number of hydrogen-bond donors (Lipinski definition) is 7. The monoisotopic (exact) mass is 668 g/mol. The van der Waals surface area contributed by atoms with E-state index in [1.807, 2.05) is 24.3 Å². The molecule has 0 bridgehead atoms. The molecule has 6 rings (SSSR count). The van der Waals surface area contributed by atoms with Crippen LogP contribution in [0.3, 0.4) is 0 Å². The summed E-state index contributed by atoms with van der Waals surface area (Å²) in [5.41, 5.74) is 8.46. The van der Waals surface area contributed by atoms with E-state index in [1.54, 1.807) is 61.7 Å². The molecular formula is C35H32N4O10. The number of allylic oxidation sites excluding steroid dienone is 1. The summed E-state index contributed by atoms with van der Waals surface area (Å²) >= 11 is 0. The minimum Gasteiger partial charge on any atom is -0.497 e. The Hall–Kier alpha value is -5.64. The first-order valence-corrected chi connectivity index (χ1v) is 15.1. The van der Waals surface area contributed by atoms with Gasteiger partial charge in [0.05, 0.1) is 24.1 Å². The second-order valence-corrected chi connectivity index (χ2v) is 11.5. The lowest BCUT2D eigenvalue weighted by molar-refractivity contribution is -0.281. The van der Waals surface area contributed by atoms with Crippen LogP contribution in [0, 0.1) is 0 Å². The van der Waals surface area contributed by atoms with Crippen molar-refractivity contribution in [2.24, 2.45) is 0 Å². The Bertz CT molecular complexity index is 2130. The van der Waals surface area contributed by atoms with Crippen molar-refractivity contribution in [1.29, 1.82) is 0 Å². The van der Waals surface area contributed by atoms with Gasteiger partial charge in [-0.1, -0.05) is 42.5 Å². The van der Waals surface area contributed by atoms with Crippen molar-refractivity contribution in [2.45, 2.75) is 37.1 Å². The summed E-state index contributed by atoms with van der Waals surface area (Å²) in [7, 11) is 1.54. The van der Waals surface area contributed by atoms with Gasteiger partial charge in [0.1, 0.15) is 24.1 Å². The van der Waals surface area contributed by atoms with E-state index in [1.165, 1.54) is 0 Å². The van der Waals surface area contributed by atoms with Crippen LogP contribution < -0.4 is 15.8 Å². The molecule has 0 saturated carbocycles. The number of anilines is 2. The summed E-state index contributed by atoms with van der Waals surface area (Å²) in [4.78, 5) is 38.7. The van der Waals surface area contributed by atoms with Crippen molar-refractivity contribution in [3.8, 4) is 16.9 Å². The van der Waals surface area contributed by atoms with Gasteiger partial charge in [-0.15, -0.1) is 5.10 Å². The molecule has 1 amide bonds. The number of nitrogen functional groups attached to an aromatic ring is 1. The highest BCUT2D eigenvalue weighted by atomic mass is 16.6. The van der Waals surface area contributed by atoms with Crippen molar-refractivity contribution in [1.82, 2.24) is 9.78 Å². The average Bonchev–Trinajstić information content (AvgIpc) is 3.45. The molecule has 5 aromatic rings. The molecule has 0 radical (unpaired) electrons. The fraction of sp³-hybridized carbons (Fsp3) is 0.200. The molecule has 0 unspecified atom stereocenters. The van der Waals surface area contributed by atoms with Gasteiger partial charge in [0.25, 0.3) is 11.8 Å². The number of carbonyl (C=O) groups is 3. The summed E-state index contributed by atoms with van der Waals surface area (Å²) < 4.78 is 11.3. The topological polar surface area (TPSA) is 227 Å². The summed E-state index contributed by atoms with van der Waals surface area (Å²) in [6.45, 7) is 0. The molecule has 1 aliphatic rings. The van der Waals surface area contributed by atoms with Gasteiger partial charge in [0, 0.05) is 35.4 Å². The molecule has 14 heteroatoms. The van der Waals surface area contributed by atoms with E-state index >= 15 is 0 Å². The Balaban J connectivity index is 1.31. The van der Waals surface area contributed by atoms with Crippen LogP contribution in [-0.4, -0.2) is 90.9 Å². The number of fused-ring (bicyclic) bond motifs is 2. The number of carboxylic acid groups (broad SMARTS) is 1. The third-order valence-electron chi connectivity index (χ3n) is 8.39. The summed E-state index contributed by atoms with van der Waals surface area (Å²) in [5.74, 6) is -2.08. The number of nitrogens with two attached hydrogens (primary N) is 1. The van der Waals surface area contributed by atoms with Crippen molar-refractivity contribution >= 4 is 51.0 Å². The lowest BCUT2D eigenvalue weighted by Crippen LogP contribution is -2.57. The Morgan fingerprint density at radius 2 is 1.71 bits per heavy atom. The van der Waals surface area contributed by atoms with Gasteiger partial charge in [-0.2, -0.15) is 4.68 Å². The van der Waals surface area contributed by atoms with Gasteiger partial charge in [0.2, 0.25) is 0 Å². The number of carbonyl (C=O) groups excluding carboxylic acids is 2. The van der Waals surface area contributed by atoms with Crippen LogP contribution in [0.5, 0.6) is 5.75 Å². The maximum atomic E-state index is 13.4. The number of benzene rings is 4. The number of carboxylic acids is 1. The van der Waals surface area contributed by atoms with Crippen molar-refractivity contribution in [3.05, 3.63) is 96.1 Å². The van der Waals surface area contributed by atoms with Gasteiger partial charge >= 0.3 is 5.97 Å². The Labute approximate surface area is 278 Å². The molecule has 1 aromatic heterocycles. The number of aliphatic hydroxyl groups excluding tert-OH is 4. The maximum Gasteiger partial charge on any atom is 0.331 e. The molecule has 252 valence electrons. The standard InChI is InChI=1S/C35H32N4O10/c1-48-21-7-3-6-20(16-21)37-33(44)24-9-2-5-17-13-18(11-12-22(17)24)23-8-4-10-25-28(23)32(36)38-39(25)27(40)15-19(34(45)46)14-26-29(41)30(42)31(43)35(47)49-26/h2-13,15-16,26,29-31,35,41-43,47H,14H2,1H3,(H2,36,38)(H,37,44)(H,45,46)/b19-15-/t26-,29+,30+,31-,35+/m1/s1. The molecule has 4 aromatic carbocycles. The molecular weight excluding hydrogens is 636 g/mol. The van der Waals surface area contributed by atoms with E-state index in [2.05, 4.69) is 10.4 Å². The number of methoxy groups -OCH3 is 1. The molecule has 0 spiro atoms. The largest absolute Gasteiger partial charge is 0.497 e. The first kappa shape index (κ1) is 33.3. The third-order valence-corrected chi connectivity index (χ3v) is 8.39. The smallest absolute Gasteiger partial charge is 0.331 e. The number of aliphatic carboxylic acids is 1.